The van der Waals surface area contributed by atoms with Gasteiger partial charge in [-0.2, -0.15) is 5.26 Å². The molecule has 78 valence electrons. The van der Waals surface area contributed by atoms with Crippen LogP contribution in [0, 0.1) is 17.1 Å². The van der Waals surface area contributed by atoms with Crippen molar-refractivity contribution in [3.63, 3.8) is 0 Å². The van der Waals surface area contributed by atoms with Crippen molar-refractivity contribution in [3.8, 4) is 6.07 Å². The third-order valence-electron chi connectivity index (χ3n) is 1.58. The average molecular weight is 215 g/mol. The Morgan fingerprint density at radius 3 is 2.60 bits per heavy atom. The molecule has 7 heteroatoms. The first kappa shape index (κ1) is 11.0. The molecule has 1 heterocycles. The summed E-state index contributed by atoms with van der Waals surface area (Å²) in [6.45, 7) is 0. The van der Waals surface area contributed by atoms with Crippen LogP contribution in [0.25, 0.3) is 0 Å². The number of alkyl halides is 2. The number of nitrogens with zero attached hydrogens (tertiary/aromatic N) is 2. The molecule has 0 fully saturated rings. The molecule has 0 aromatic carbocycles. The van der Waals surface area contributed by atoms with Gasteiger partial charge in [-0.15, -0.1) is 0 Å². The second kappa shape index (κ2) is 3.96. The van der Waals surface area contributed by atoms with Crippen molar-refractivity contribution in [2.24, 2.45) is 5.73 Å². The SMILES string of the molecule is N#Cc1nc(C(N)=O)cc(C(F)F)c1F. The zero-order valence-electron chi connectivity index (χ0n) is 7.17. The Kier molecular flexibility index (Phi) is 2.90. The Hall–Kier alpha value is -2.10. The highest BCUT2D eigenvalue weighted by Gasteiger charge is 2.20. The Labute approximate surface area is 82.1 Å². The van der Waals surface area contributed by atoms with Gasteiger partial charge >= 0.3 is 0 Å². The summed E-state index contributed by atoms with van der Waals surface area (Å²) in [4.78, 5) is 13.8. The lowest BCUT2D eigenvalue weighted by molar-refractivity contribution is 0.0994. The van der Waals surface area contributed by atoms with Gasteiger partial charge in [-0.05, 0) is 6.07 Å². The van der Waals surface area contributed by atoms with Gasteiger partial charge in [0, 0.05) is 0 Å². The highest BCUT2D eigenvalue weighted by Crippen LogP contribution is 2.23. The van der Waals surface area contributed by atoms with E-state index in [0.717, 1.165) is 0 Å². The lowest BCUT2D eigenvalue weighted by Gasteiger charge is -2.04. The van der Waals surface area contributed by atoms with Crippen LogP contribution < -0.4 is 5.73 Å². The lowest BCUT2D eigenvalue weighted by Crippen LogP contribution is -2.15. The molecular formula is C8H4F3N3O. The van der Waals surface area contributed by atoms with Crippen molar-refractivity contribution in [1.82, 2.24) is 4.98 Å². The molecule has 0 aliphatic rings. The van der Waals surface area contributed by atoms with E-state index < -0.39 is 35.1 Å². The Morgan fingerprint density at radius 1 is 1.60 bits per heavy atom. The van der Waals surface area contributed by atoms with Crippen LogP contribution in [0.1, 0.15) is 28.2 Å². The molecule has 0 aliphatic heterocycles. The zero-order valence-corrected chi connectivity index (χ0v) is 7.17. The van der Waals surface area contributed by atoms with Crippen LogP contribution in [0.15, 0.2) is 6.07 Å². The molecule has 0 radical (unpaired) electrons. The summed E-state index contributed by atoms with van der Waals surface area (Å²) >= 11 is 0. The number of rotatable bonds is 2. The van der Waals surface area contributed by atoms with E-state index in [4.69, 9.17) is 11.0 Å². The molecule has 1 rings (SSSR count). The number of hydrogen-bond acceptors (Lipinski definition) is 3. The van der Waals surface area contributed by atoms with Gasteiger partial charge < -0.3 is 5.73 Å². The second-order valence-corrected chi connectivity index (χ2v) is 2.54. The first-order valence-electron chi connectivity index (χ1n) is 3.66. The molecule has 15 heavy (non-hydrogen) atoms. The number of hydrogen-bond donors (Lipinski definition) is 1. The maximum absolute atomic E-state index is 13.0. The Balaban J connectivity index is 3.47. The summed E-state index contributed by atoms with van der Waals surface area (Å²) in [6.07, 6.45) is -3.14. The third-order valence-corrected chi connectivity index (χ3v) is 1.58. The van der Waals surface area contributed by atoms with E-state index in [1.807, 2.05) is 0 Å². The number of halogens is 3. The molecule has 0 atom stereocenters. The van der Waals surface area contributed by atoms with E-state index in [1.54, 1.807) is 0 Å². The minimum Gasteiger partial charge on any atom is -0.364 e. The smallest absolute Gasteiger partial charge is 0.267 e. The number of primary amides is 1. The minimum atomic E-state index is -3.14. The van der Waals surface area contributed by atoms with Crippen molar-refractivity contribution >= 4 is 5.91 Å². The lowest BCUT2D eigenvalue weighted by atomic mass is 10.2. The molecule has 1 aromatic rings. The quantitative estimate of drug-likeness (QED) is 0.802. The molecule has 0 saturated heterocycles. The van der Waals surface area contributed by atoms with Crippen LogP contribution in [0.2, 0.25) is 0 Å². The first-order valence-corrected chi connectivity index (χ1v) is 3.66. The molecular weight excluding hydrogens is 211 g/mol. The fourth-order valence-corrected chi connectivity index (χ4v) is 0.908. The van der Waals surface area contributed by atoms with Crippen molar-refractivity contribution in [1.29, 1.82) is 5.26 Å². The summed E-state index contributed by atoms with van der Waals surface area (Å²) in [6, 6.07) is 1.79. The molecule has 0 unspecified atom stereocenters. The van der Waals surface area contributed by atoms with E-state index in [2.05, 4.69) is 4.98 Å². The predicted octanol–water partition coefficient (Wildman–Crippen LogP) is 1.13. The van der Waals surface area contributed by atoms with Gasteiger partial charge in [0.1, 0.15) is 11.8 Å². The number of amides is 1. The topological polar surface area (TPSA) is 79.8 Å². The van der Waals surface area contributed by atoms with E-state index in [0.29, 0.717) is 6.07 Å². The van der Waals surface area contributed by atoms with Crippen molar-refractivity contribution < 1.29 is 18.0 Å². The van der Waals surface area contributed by atoms with Crippen molar-refractivity contribution in [2.45, 2.75) is 6.43 Å². The number of nitrogens with two attached hydrogens (primary N) is 1. The van der Waals surface area contributed by atoms with Crippen LogP contribution in [-0.2, 0) is 0 Å². The number of carbonyl (C=O) groups excluding carboxylic acids is 1. The molecule has 2 N–H and O–H groups in total. The summed E-state index contributed by atoms with van der Waals surface area (Å²) in [5.41, 5.74) is 2.28. The zero-order chi connectivity index (χ0) is 11.6. The van der Waals surface area contributed by atoms with Crippen molar-refractivity contribution in [2.75, 3.05) is 0 Å². The third kappa shape index (κ3) is 2.04. The number of carbonyl (C=O) groups is 1. The van der Waals surface area contributed by atoms with E-state index in [9.17, 15) is 18.0 Å². The molecule has 0 bridgehead atoms. The Morgan fingerprint density at radius 2 is 2.20 bits per heavy atom. The minimum absolute atomic E-state index is 0.531. The Bertz CT molecular complexity index is 453. The van der Waals surface area contributed by atoms with E-state index in [1.165, 1.54) is 6.07 Å². The normalized spacial score (nSPS) is 10.1. The van der Waals surface area contributed by atoms with Crippen molar-refractivity contribution in [3.05, 3.63) is 28.8 Å². The van der Waals surface area contributed by atoms with Gasteiger partial charge in [0.15, 0.2) is 11.5 Å². The second-order valence-electron chi connectivity index (χ2n) is 2.54. The predicted molar refractivity (Wildman–Crippen MR) is 42.4 cm³/mol. The fraction of sp³-hybridized carbons (Fsp3) is 0.125. The molecule has 0 aliphatic carbocycles. The number of pyridine rings is 1. The van der Waals surface area contributed by atoms with Gasteiger partial charge in [-0.25, -0.2) is 18.2 Å². The van der Waals surface area contributed by atoms with Crippen LogP contribution in [0.3, 0.4) is 0 Å². The number of aromatic nitrogens is 1. The summed E-state index contributed by atoms with van der Waals surface area (Å²) in [7, 11) is 0. The van der Waals surface area contributed by atoms with Crippen LogP contribution in [-0.4, -0.2) is 10.9 Å². The molecule has 0 saturated carbocycles. The van der Waals surface area contributed by atoms with Crippen LogP contribution in [0.4, 0.5) is 13.2 Å². The standard InChI is InChI=1S/C8H4F3N3O/c9-6-3(7(10)11)1-4(8(13)15)14-5(6)2-12/h1,7H,(H2,13,15). The highest BCUT2D eigenvalue weighted by molar-refractivity contribution is 5.91. The van der Waals surface area contributed by atoms with Crippen LogP contribution in [0.5, 0.6) is 0 Å². The van der Waals surface area contributed by atoms with Crippen LogP contribution >= 0.6 is 0 Å². The van der Waals surface area contributed by atoms with Gasteiger partial charge in [0.05, 0.1) is 5.56 Å². The summed E-state index contributed by atoms with van der Waals surface area (Å²) < 4.78 is 37.6. The highest BCUT2D eigenvalue weighted by atomic mass is 19.3. The summed E-state index contributed by atoms with van der Waals surface area (Å²) in [5.74, 6) is -2.54. The first-order chi connectivity index (χ1) is 6.97. The van der Waals surface area contributed by atoms with Gasteiger partial charge in [0.2, 0.25) is 0 Å². The maximum Gasteiger partial charge on any atom is 0.267 e. The summed E-state index contributed by atoms with van der Waals surface area (Å²) in [5, 5.41) is 8.38. The van der Waals surface area contributed by atoms with Gasteiger partial charge in [-0.1, -0.05) is 0 Å². The molecule has 0 spiro atoms. The number of nitriles is 1. The fourth-order valence-electron chi connectivity index (χ4n) is 0.908. The average Bonchev–Trinajstić information content (AvgIpc) is 2.17. The van der Waals surface area contributed by atoms with Gasteiger partial charge in [-0.3, -0.25) is 4.79 Å². The van der Waals surface area contributed by atoms with E-state index in [-0.39, 0.29) is 0 Å². The molecule has 1 aromatic heterocycles. The molecule has 1 amide bonds. The maximum atomic E-state index is 13.0. The van der Waals surface area contributed by atoms with E-state index >= 15 is 0 Å². The largest absolute Gasteiger partial charge is 0.364 e. The monoisotopic (exact) mass is 215 g/mol. The van der Waals surface area contributed by atoms with Gasteiger partial charge in [0.25, 0.3) is 12.3 Å². The molecule has 4 nitrogen and oxygen atoms in total.